The molecule has 0 saturated heterocycles. The molecule has 0 radical (unpaired) electrons. The fraction of sp³-hybridized carbons (Fsp3) is 0.118. The van der Waals surface area contributed by atoms with E-state index in [1.54, 1.807) is 0 Å². The summed E-state index contributed by atoms with van der Waals surface area (Å²) >= 11 is 0. The van der Waals surface area contributed by atoms with Crippen molar-refractivity contribution in [2.45, 2.75) is 25.7 Å². The van der Waals surface area contributed by atoms with E-state index in [1.165, 1.54) is 24.0 Å². The molecule has 0 aliphatic heterocycles. The number of aromatic nitrogens is 3. The number of imidazole rings is 1. The SMILES string of the molecule is Oc1cc2c(cc1-c1nc3c(-c4cccc(-c5ccccn5)c4)cccc3n1-c1ccccc1)CCCC2. The number of nitrogens with zero attached hydrogens (tertiary/aromatic N) is 3. The maximum atomic E-state index is 11.2. The monoisotopic (exact) mass is 493 g/mol. The van der Waals surface area contributed by atoms with Crippen LogP contribution in [0.4, 0.5) is 0 Å². The molecule has 4 nitrogen and oxygen atoms in total. The lowest BCUT2D eigenvalue weighted by atomic mass is 9.90. The average molecular weight is 494 g/mol. The molecule has 0 fully saturated rings. The maximum Gasteiger partial charge on any atom is 0.149 e. The molecule has 0 amide bonds. The van der Waals surface area contributed by atoms with Gasteiger partial charge in [-0.15, -0.1) is 0 Å². The van der Waals surface area contributed by atoms with Gasteiger partial charge in [0.05, 0.1) is 22.3 Å². The van der Waals surface area contributed by atoms with Crippen LogP contribution in [0.1, 0.15) is 24.0 Å². The van der Waals surface area contributed by atoms with E-state index >= 15 is 0 Å². The zero-order chi connectivity index (χ0) is 25.5. The molecule has 184 valence electrons. The van der Waals surface area contributed by atoms with E-state index in [0.717, 1.165) is 63.3 Å². The maximum absolute atomic E-state index is 11.2. The number of fused-ring (bicyclic) bond motifs is 2. The number of aromatic hydroxyl groups is 1. The molecule has 6 aromatic rings. The molecule has 0 unspecified atom stereocenters. The van der Waals surface area contributed by atoms with Crippen molar-refractivity contribution >= 4 is 11.0 Å². The zero-order valence-electron chi connectivity index (χ0n) is 21.0. The summed E-state index contributed by atoms with van der Waals surface area (Å²) in [4.78, 5) is 9.78. The molecule has 2 heterocycles. The third-order valence-corrected chi connectivity index (χ3v) is 7.53. The van der Waals surface area contributed by atoms with Crippen molar-refractivity contribution in [3.63, 3.8) is 0 Å². The van der Waals surface area contributed by atoms with E-state index in [1.807, 2.05) is 48.7 Å². The molecule has 38 heavy (non-hydrogen) atoms. The predicted octanol–water partition coefficient (Wildman–Crippen LogP) is 8.01. The summed E-state index contributed by atoms with van der Waals surface area (Å²) in [5.41, 5.74) is 10.4. The van der Waals surface area contributed by atoms with E-state index in [-0.39, 0.29) is 5.75 Å². The molecule has 0 spiro atoms. The Morgan fingerprint density at radius 1 is 0.658 bits per heavy atom. The van der Waals surface area contributed by atoms with Crippen LogP contribution in [0.25, 0.3) is 50.5 Å². The highest BCUT2D eigenvalue weighted by Crippen LogP contribution is 2.40. The Hall–Kier alpha value is -4.70. The van der Waals surface area contributed by atoms with E-state index in [9.17, 15) is 5.11 Å². The molecule has 0 bridgehead atoms. The molecule has 1 aliphatic carbocycles. The number of hydrogen-bond acceptors (Lipinski definition) is 3. The van der Waals surface area contributed by atoms with Crippen LogP contribution < -0.4 is 0 Å². The molecule has 1 aliphatic rings. The molecular formula is C34H27N3O. The first-order valence-corrected chi connectivity index (χ1v) is 13.2. The number of phenols is 1. The van der Waals surface area contributed by atoms with Crippen LogP contribution in [0.5, 0.6) is 5.75 Å². The summed E-state index contributed by atoms with van der Waals surface area (Å²) < 4.78 is 2.17. The Morgan fingerprint density at radius 3 is 2.24 bits per heavy atom. The lowest BCUT2D eigenvalue weighted by Gasteiger charge is -2.18. The number of hydrogen-bond donors (Lipinski definition) is 1. The van der Waals surface area contributed by atoms with Crippen LogP contribution in [0.15, 0.2) is 109 Å². The molecular weight excluding hydrogens is 466 g/mol. The van der Waals surface area contributed by atoms with Gasteiger partial charge in [-0.05, 0) is 90.9 Å². The standard InChI is InChI=1S/C34H27N3O/c38-32-22-24-11-5-4-10-23(24)21-29(32)34-36-33-28(16-9-18-31(33)37(34)27-14-2-1-3-15-27)25-12-8-13-26(20-25)30-17-6-7-19-35-30/h1-3,6-9,12-22,38H,4-5,10-11H2. The third kappa shape index (κ3) is 3.86. The summed E-state index contributed by atoms with van der Waals surface area (Å²) in [6.45, 7) is 0. The molecule has 7 rings (SSSR count). The van der Waals surface area contributed by atoms with Gasteiger partial charge in [0.15, 0.2) is 0 Å². The summed E-state index contributed by atoms with van der Waals surface area (Å²) in [5.74, 6) is 1.04. The van der Waals surface area contributed by atoms with Gasteiger partial charge in [0, 0.05) is 23.0 Å². The largest absolute Gasteiger partial charge is 0.507 e. The summed E-state index contributed by atoms with van der Waals surface area (Å²) in [6, 6.07) is 35.1. The lowest BCUT2D eigenvalue weighted by Crippen LogP contribution is -2.04. The quantitative estimate of drug-likeness (QED) is 0.271. The molecule has 4 heteroatoms. The second-order valence-electron chi connectivity index (χ2n) is 9.92. The van der Waals surface area contributed by atoms with Crippen LogP contribution in [0.3, 0.4) is 0 Å². The van der Waals surface area contributed by atoms with Crippen molar-refractivity contribution in [1.82, 2.24) is 14.5 Å². The van der Waals surface area contributed by atoms with Crippen molar-refractivity contribution in [2.24, 2.45) is 0 Å². The number of benzene rings is 4. The van der Waals surface area contributed by atoms with Crippen LogP contribution in [-0.4, -0.2) is 19.6 Å². The Balaban J connectivity index is 1.47. The van der Waals surface area contributed by atoms with Gasteiger partial charge in [-0.2, -0.15) is 0 Å². The normalized spacial score (nSPS) is 12.9. The number of phenolic OH excluding ortho intramolecular Hbond substituents is 1. The predicted molar refractivity (Wildman–Crippen MR) is 153 cm³/mol. The van der Waals surface area contributed by atoms with Gasteiger partial charge in [0.2, 0.25) is 0 Å². The number of aryl methyl sites for hydroxylation is 2. The van der Waals surface area contributed by atoms with Crippen LogP contribution >= 0.6 is 0 Å². The minimum absolute atomic E-state index is 0.289. The molecule has 1 N–H and O–H groups in total. The minimum atomic E-state index is 0.289. The van der Waals surface area contributed by atoms with Gasteiger partial charge >= 0.3 is 0 Å². The van der Waals surface area contributed by atoms with E-state index in [0.29, 0.717) is 0 Å². The van der Waals surface area contributed by atoms with Crippen molar-refractivity contribution in [1.29, 1.82) is 0 Å². The van der Waals surface area contributed by atoms with Gasteiger partial charge < -0.3 is 5.11 Å². The minimum Gasteiger partial charge on any atom is -0.507 e. The fourth-order valence-electron chi connectivity index (χ4n) is 5.68. The summed E-state index contributed by atoms with van der Waals surface area (Å²) in [5, 5.41) is 11.2. The Morgan fingerprint density at radius 2 is 1.42 bits per heavy atom. The molecule has 0 atom stereocenters. The molecule has 4 aromatic carbocycles. The Labute approximate surface area is 221 Å². The Kier molecular flexibility index (Phi) is 5.51. The zero-order valence-corrected chi connectivity index (χ0v) is 21.0. The van der Waals surface area contributed by atoms with Gasteiger partial charge in [-0.25, -0.2) is 4.98 Å². The second kappa shape index (κ2) is 9.31. The lowest BCUT2D eigenvalue weighted by molar-refractivity contribution is 0.474. The van der Waals surface area contributed by atoms with Crippen LogP contribution in [0, 0.1) is 0 Å². The van der Waals surface area contributed by atoms with Crippen molar-refractivity contribution in [3.05, 3.63) is 120 Å². The van der Waals surface area contributed by atoms with E-state index in [2.05, 4.69) is 70.2 Å². The Bertz CT molecular complexity index is 1770. The van der Waals surface area contributed by atoms with Gasteiger partial charge in [0.25, 0.3) is 0 Å². The first-order chi connectivity index (χ1) is 18.8. The fourth-order valence-corrected chi connectivity index (χ4v) is 5.68. The highest BCUT2D eigenvalue weighted by atomic mass is 16.3. The number of pyridine rings is 1. The van der Waals surface area contributed by atoms with Gasteiger partial charge in [0.1, 0.15) is 11.6 Å². The van der Waals surface area contributed by atoms with Crippen molar-refractivity contribution in [2.75, 3.05) is 0 Å². The highest BCUT2D eigenvalue weighted by molar-refractivity contribution is 5.96. The average Bonchev–Trinajstić information content (AvgIpc) is 3.37. The van der Waals surface area contributed by atoms with Crippen LogP contribution in [0.2, 0.25) is 0 Å². The number of para-hydroxylation sites is 2. The summed E-state index contributed by atoms with van der Waals surface area (Å²) in [7, 11) is 0. The molecule has 0 saturated carbocycles. The topological polar surface area (TPSA) is 50.9 Å². The van der Waals surface area contributed by atoms with Gasteiger partial charge in [-0.1, -0.05) is 54.6 Å². The van der Waals surface area contributed by atoms with Crippen molar-refractivity contribution in [3.8, 4) is 45.2 Å². The van der Waals surface area contributed by atoms with E-state index < -0.39 is 0 Å². The molecule has 2 aromatic heterocycles. The van der Waals surface area contributed by atoms with E-state index in [4.69, 9.17) is 4.98 Å². The first-order valence-electron chi connectivity index (χ1n) is 13.2. The number of rotatable bonds is 4. The summed E-state index contributed by atoms with van der Waals surface area (Å²) in [6.07, 6.45) is 6.24. The van der Waals surface area contributed by atoms with Crippen molar-refractivity contribution < 1.29 is 5.11 Å². The van der Waals surface area contributed by atoms with Gasteiger partial charge in [-0.3, -0.25) is 9.55 Å². The third-order valence-electron chi connectivity index (χ3n) is 7.53. The first kappa shape index (κ1) is 22.5. The second-order valence-corrected chi connectivity index (χ2v) is 9.92. The smallest absolute Gasteiger partial charge is 0.149 e. The highest BCUT2D eigenvalue weighted by Gasteiger charge is 2.22. The van der Waals surface area contributed by atoms with Crippen LogP contribution in [-0.2, 0) is 12.8 Å².